The number of urea groups is 1. The van der Waals surface area contributed by atoms with E-state index in [1.807, 2.05) is 13.0 Å². The number of anilines is 2. The fourth-order valence-electron chi connectivity index (χ4n) is 3.34. The second-order valence-electron chi connectivity index (χ2n) is 7.14. The SMILES string of the molecule is Cc1cc(-c2ccc(NC(=O)Nc3cccc(C(F)(F)F)c3F)cc2)c2cnn(C)c2n1. The lowest BCUT2D eigenvalue weighted by Gasteiger charge is -2.13. The third-order valence-electron chi connectivity index (χ3n) is 4.84. The number of alkyl halides is 3. The van der Waals surface area contributed by atoms with E-state index >= 15 is 0 Å². The summed E-state index contributed by atoms with van der Waals surface area (Å²) < 4.78 is 54.3. The van der Waals surface area contributed by atoms with Crippen LogP contribution in [0.2, 0.25) is 0 Å². The van der Waals surface area contributed by atoms with E-state index in [-0.39, 0.29) is 0 Å². The molecule has 4 aromatic rings. The van der Waals surface area contributed by atoms with Gasteiger partial charge < -0.3 is 10.6 Å². The van der Waals surface area contributed by atoms with Gasteiger partial charge in [0, 0.05) is 23.8 Å². The van der Waals surface area contributed by atoms with E-state index in [1.54, 1.807) is 42.2 Å². The van der Waals surface area contributed by atoms with E-state index in [1.165, 1.54) is 0 Å². The molecule has 6 nitrogen and oxygen atoms in total. The van der Waals surface area contributed by atoms with Crippen LogP contribution in [0.15, 0.2) is 54.7 Å². The number of rotatable bonds is 3. The molecule has 0 aliphatic carbocycles. The number of hydrogen-bond acceptors (Lipinski definition) is 3. The number of benzene rings is 2. The van der Waals surface area contributed by atoms with Crippen LogP contribution in [-0.4, -0.2) is 20.8 Å². The topological polar surface area (TPSA) is 71.8 Å². The van der Waals surface area contributed by atoms with Gasteiger partial charge in [-0.05, 0) is 48.4 Å². The number of aryl methyl sites for hydroxylation is 2. The van der Waals surface area contributed by atoms with Gasteiger partial charge in [0.25, 0.3) is 0 Å². The normalized spacial score (nSPS) is 11.6. The van der Waals surface area contributed by atoms with Crippen molar-refractivity contribution in [3.05, 3.63) is 71.8 Å². The number of pyridine rings is 1. The van der Waals surface area contributed by atoms with Gasteiger partial charge in [0.15, 0.2) is 11.5 Å². The minimum atomic E-state index is -4.86. The molecule has 164 valence electrons. The average molecular weight is 443 g/mol. The summed E-state index contributed by atoms with van der Waals surface area (Å²) in [5.41, 5.74) is 1.71. The standard InChI is InChI=1S/C22H17F4N5O/c1-12-10-15(16-11-27-31(2)20(16)28-12)13-6-8-14(9-7-13)29-21(32)30-18-5-3-4-17(19(18)23)22(24,25)26/h3-11H,1-2H3,(H2,29,30,32). The number of carbonyl (C=O) groups excluding carboxylic acids is 1. The highest BCUT2D eigenvalue weighted by atomic mass is 19.4. The van der Waals surface area contributed by atoms with E-state index in [9.17, 15) is 22.4 Å². The first kappa shape index (κ1) is 21.3. The molecule has 0 saturated carbocycles. The summed E-state index contributed by atoms with van der Waals surface area (Å²) in [6, 6.07) is 10.6. The number of hydrogen-bond donors (Lipinski definition) is 2. The van der Waals surface area contributed by atoms with E-state index in [4.69, 9.17) is 0 Å². The molecule has 2 aromatic carbocycles. The van der Waals surface area contributed by atoms with Crippen molar-refractivity contribution < 1.29 is 22.4 Å². The Kier molecular flexibility index (Phi) is 5.29. The van der Waals surface area contributed by atoms with Gasteiger partial charge in [0.2, 0.25) is 0 Å². The lowest BCUT2D eigenvalue weighted by Crippen LogP contribution is -2.21. The zero-order chi connectivity index (χ0) is 23.0. The summed E-state index contributed by atoms with van der Waals surface area (Å²) in [7, 11) is 1.80. The number of halogens is 4. The van der Waals surface area contributed by atoms with E-state index in [2.05, 4.69) is 20.7 Å². The quantitative estimate of drug-likeness (QED) is 0.397. The molecule has 2 N–H and O–H groups in total. The minimum Gasteiger partial charge on any atom is -0.308 e. The molecule has 2 amide bonds. The summed E-state index contributed by atoms with van der Waals surface area (Å²) in [5.74, 6) is -1.54. The van der Waals surface area contributed by atoms with Crippen molar-refractivity contribution >= 4 is 28.4 Å². The average Bonchev–Trinajstić information content (AvgIpc) is 3.09. The Bertz CT molecular complexity index is 1310. The third-order valence-corrected chi connectivity index (χ3v) is 4.84. The van der Waals surface area contributed by atoms with Crippen LogP contribution in [0.4, 0.5) is 33.7 Å². The molecule has 0 fully saturated rings. The second-order valence-corrected chi connectivity index (χ2v) is 7.14. The maximum Gasteiger partial charge on any atom is 0.419 e. The fraction of sp³-hybridized carbons (Fsp3) is 0.136. The van der Waals surface area contributed by atoms with E-state index < -0.39 is 29.3 Å². The van der Waals surface area contributed by atoms with E-state index in [0.717, 1.165) is 40.0 Å². The Balaban J connectivity index is 1.52. The predicted octanol–water partition coefficient (Wildman–Crippen LogP) is 5.75. The molecule has 0 aliphatic heterocycles. The lowest BCUT2D eigenvalue weighted by molar-refractivity contribution is -0.139. The summed E-state index contributed by atoms with van der Waals surface area (Å²) in [6.45, 7) is 1.88. The van der Waals surface area contributed by atoms with Crippen LogP contribution in [-0.2, 0) is 13.2 Å². The first-order chi connectivity index (χ1) is 15.1. The van der Waals surface area contributed by atoms with Gasteiger partial charge in [0.05, 0.1) is 17.4 Å². The number of nitrogens with one attached hydrogen (secondary N) is 2. The van der Waals surface area contributed by atoms with Crippen LogP contribution in [0, 0.1) is 12.7 Å². The molecule has 0 saturated heterocycles. The smallest absolute Gasteiger partial charge is 0.308 e. The molecule has 2 aromatic heterocycles. The summed E-state index contributed by atoms with van der Waals surface area (Å²) >= 11 is 0. The molecule has 0 unspecified atom stereocenters. The maximum atomic E-state index is 14.1. The lowest BCUT2D eigenvalue weighted by atomic mass is 10.0. The molecule has 0 radical (unpaired) electrons. The number of amides is 2. The molecule has 4 rings (SSSR count). The van der Waals surface area contributed by atoms with Crippen molar-refractivity contribution in [2.75, 3.05) is 10.6 Å². The summed E-state index contributed by atoms with van der Waals surface area (Å²) in [5, 5.41) is 9.70. The second kappa shape index (κ2) is 7.95. The van der Waals surface area contributed by atoms with Crippen molar-refractivity contribution in [2.45, 2.75) is 13.1 Å². The highest BCUT2D eigenvalue weighted by Gasteiger charge is 2.35. The molecule has 0 aliphatic rings. The number of fused-ring (bicyclic) bond motifs is 1. The van der Waals surface area contributed by atoms with Gasteiger partial charge in [-0.15, -0.1) is 0 Å². The Morgan fingerprint density at radius 1 is 1.06 bits per heavy atom. The molecule has 2 heterocycles. The molecular formula is C22H17F4N5O. The molecule has 32 heavy (non-hydrogen) atoms. The van der Waals surface area contributed by atoms with Gasteiger partial charge in [0.1, 0.15) is 0 Å². The van der Waals surface area contributed by atoms with Crippen LogP contribution in [0.1, 0.15) is 11.3 Å². The monoisotopic (exact) mass is 443 g/mol. The number of carbonyl (C=O) groups is 1. The molecule has 0 spiro atoms. The highest BCUT2D eigenvalue weighted by Crippen LogP contribution is 2.34. The third kappa shape index (κ3) is 4.11. The Hall–Kier alpha value is -3.95. The molecule has 0 bridgehead atoms. The first-order valence-electron chi connectivity index (χ1n) is 9.47. The Morgan fingerprint density at radius 2 is 1.78 bits per heavy atom. The Labute approximate surface area is 179 Å². The van der Waals surface area contributed by atoms with Gasteiger partial charge in [-0.25, -0.2) is 14.2 Å². The van der Waals surface area contributed by atoms with Crippen molar-refractivity contribution in [3.63, 3.8) is 0 Å². The van der Waals surface area contributed by atoms with Gasteiger partial charge in [-0.2, -0.15) is 18.3 Å². The van der Waals surface area contributed by atoms with Crippen LogP contribution in [0.5, 0.6) is 0 Å². The minimum absolute atomic E-state index is 0.381. The molecule has 10 heteroatoms. The maximum absolute atomic E-state index is 14.1. The molecular weight excluding hydrogens is 426 g/mol. The zero-order valence-corrected chi connectivity index (χ0v) is 17.0. The fourth-order valence-corrected chi connectivity index (χ4v) is 3.34. The highest BCUT2D eigenvalue weighted by molar-refractivity contribution is 6.00. The predicted molar refractivity (Wildman–Crippen MR) is 113 cm³/mol. The first-order valence-corrected chi connectivity index (χ1v) is 9.47. The van der Waals surface area contributed by atoms with Crippen LogP contribution < -0.4 is 10.6 Å². The zero-order valence-electron chi connectivity index (χ0n) is 17.0. The van der Waals surface area contributed by atoms with Crippen molar-refractivity contribution in [3.8, 4) is 11.1 Å². The van der Waals surface area contributed by atoms with Crippen LogP contribution >= 0.6 is 0 Å². The van der Waals surface area contributed by atoms with Crippen LogP contribution in [0.25, 0.3) is 22.2 Å². The summed E-state index contributed by atoms with van der Waals surface area (Å²) in [6.07, 6.45) is -3.14. The van der Waals surface area contributed by atoms with Crippen molar-refractivity contribution in [1.29, 1.82) is 0 Å². The molecule has 0 atom stereocenters. The van der Waals surface area contributed by atoms with Crippen molar-refractivity contribution in [2.24, 2.45) is 7.05 Å². The Morgan fingerprint density at radius 3 is 2.47 bits per heavy atom. The van der Waals surface area contributed by atoms with Crippen molar-refractivity contribution in [1.82, 2.24) is 14.8 Å². The van der Waals surface area contributed by atoms with Gasteiger partial charge in [-0.1, -0.05) is 18.2 Å². The number of aromatic nitrogens is 3. The van der Waals surface area contributed by atoms with Gasteiger partial charge in [-0.3, -0.25) is 4.68 Å². The number of nitrogens with zero attached hydrogens (tertiary/aromatic N) is 3. The van der Waals surface area contributed by atoms with Gasteiger partial charge >= 0.3 is 12.2 Å². The largest absolute Gasteiger partial charge is 0.419 e. The van der Waals surface area contributed by atoms with Crippen LogP contribution in [0.3, 0.4) is 0 Å². The van der Waals surface area contributed by atoms with E-state index in [0.29, 0.717) is 11.8 Å². The summed E-state index contributed by atoms with van der Waals surface area (Å²) in [4.78, 5) is 16.7.